The Labute approximate surface area is 192 Å². The maximum absolute atomic E-state index is 12.6. The molecule has 0 unspecified atom stereocenters. The number of aryl methyl sites for hydroxylation is 2. The van der Waals surface area contributed by atoms with E-state index in [0.717, 1.165) is 21.0 Å². The predicted molar refractivity (Wildman–Crippen MR) is 125 cm³/mol. The van der Waals surface area contributed by atoms with Crippen LogP contribution >= 0.6 is 23.1 Å². The molecule has 3 aromatic heterocycles. The third-order valence-corrected chi connectivity index (χ3v) is 7.36. The number of hydrogen-bond acceptors (Lipinski definition) is 8. The van der Waals surface area contributed by atoms with Crippen molar-refractivity contribution >= 4 is 33.3 Å². The Balaban J connectivity index is 1.39. The van der Waals surface area contributed by atoms with E-state index in [2.05, 4.69) is 26.7 Å². The minimum absolute atomic E-state index is 0.105. The number of nitrogens with zero attached hydrogens (tertiary/aromatic N) is 4. The molecule has 0 fully saturated rings. The van der Waals surface area contributed by atoms with Gasteiger partial charge in [-0.05, 0) is 31.5 Å². The topological polar surface area (TPSA) is 94.9 Å². The number of H-pyrrole nitrogens is 1. The number of para-hydroxylation sites is 2. The molecule has 0 amide bonds. The van der Waals surface area contributed by atoms with Gasteiger partial charge in [-0.3, -0.25) is 9.36 Å². The van der Waals surface area contributed by atoms with E-state index in [4.69, 9.17) is 9.47 Å². The number of thioether (sulfide) groups is 1. The van der Waals surface area contributed by atoms with Crippen LogP contribution < -0.4 is 15.0 Å². The summed E-state index contributed by atoms with van der Waals surface area (Å²) in [6.45, 7) is 8.69. The maximum atomic E-state index is 12.6. The van der Waals surface area contributed by atoms with Gasteiger partial charge in [-0.25, -0.2) is 4.98 Å². The standard InChI is InChI=1S/C22H21N5O3S2/c1-4-9-27-19(16-10-29-14-7-5-6-8-15(14)30-16)25-26-22(27)31-11-17-23-20(28)18-12(2)13(3)32-21(18)24-17/h4-8,16H,1,9-11H2,2-3H3,(H,23,24,28)/t16-/m1/s1. The SMILES string of the molecule is C=CCn1c(SCc2nc3sc(C)c(C)c3c(=O)[nH]2)nnc1[C@H]1COc2ccccc2O1. The lowest BCUT2D eigenvalue weighted by atomic mass is 10.2. The minimum Gasteiger partial charge on any atom is -0.485 e. The van der Waals surface area contributed by atoms with Gasteiger partial charge in [0, 0.05) is 11.4 Å². The first-order valence-electron chi connectivity index (χ1n) is 10.1. The number of benzene rings is 1. The summed E-state index contributed by atoms with van der Waals surface area (Å²) in [5.41, 5.74) is 0.886. The fourth-order valence-corrected chi connectivity index (χ4v) is 5.47. The number of rotatable bonds is 6. The van der Waals surface area contributed by atoms with Crippen molar-refractivity contribution < 1.29 is 9.47 Å². The van der Waals surface area contributed by atoms with Gasteiger partial charge >= 0.3 is 0 Å². The van der Waals surface area contributed by atoms with Gasteiger partial charge in [-0.1, -0.05) is 30.0 Å². The van der Waals surface area contributed by atoms with Crippen molar-refractivity contribution in [3.63, 3.8) is 0 Å². The van der Waals surface area contributed by atoms with E-state index < -0.39 is 0 Å². The van der Waals surface area contributed by atoms with E-state index >= 15 is 0 Å². The molecular formula is C22H21N5O3S2. The van der Waals surface area contributed by atoms with Gasteiger partial charge in [0.15, 0.2) is 28.6 Å². The van der Waals surface area contributed by atoms with Crippen molar-refractivity contribution in [3.05, 3.63) is 69.4 Å². The Bertz CT molecular complexity index is 1370. The quantitative estimate of drug-likeness (QED) is 0.336. The monoisotopic (exact) mass is 467 g/mol. The molecule has 164 valence electrons. The Morgan fingerprint density at radius 2 is 2.12 bits per heavy atom. The van der Waals surface area contributed by atoms with E-state index in [1.165, 1.54) is 11.8 Å². The van der Waals surface area contributed by atoms with Gasteiger partial charge in [0.25, 0.3) is 5.56 Å². The third-order valence-electron chi connectivity index (χ3n) is 5.28. The summed E-state index contributed by atoms with van der Waals surface area (Å²) in [5.74, 6) is 3.14. The van der Waals surface area contributed by atoms with Crippen molar-refractivity contribution in [1.82, 2.24) is 24.7 Å². The highest BCUT2D eigenvalue weighted by atomic mass is 32.2. The second-order valence-electron chi connectivity index (χ2n) is 7.37. The molecular weight excluding hydrogens is 446 g/mol. The van der Waals surface area contributed by atoms with Crippen molar-refractivity contribution in [2.75, 3.05) is 6.61 Å². The van der Waals surface area contributed by atoms with Crippen LogP contribution in [0.25, 0.3) is 10.2 Å². The Morgan fingerprint density at radius 1 is 1.31 bits per heavy atom. The molecule has 0 saturated carbocycles. The molecule has 0 radical (unpaired) electrons. The second-order valence-corrected chi connectivity index (χ2v) is 9.51. The molecule has 32 heavy (non-hydrogen) atoms. The van der Waals surface area contributed by atoms with Crippen LogP contribution in [-0.2, 0) is 12.3 Å². The molecule has 0 saturated heterocycles. The van der Waals surface area contributed by atoms with Gasteiger partial charge in [0.2, 0.25) is 0 Å². The summed E-state index contributed by atoms with van der Waals surface area (Å²) in [5, 5.41) is 10.1. The lowest BCUT2D eigenvalue weighted by Crippen LogP contribution is -2.25. The van der Waals surface area contributed by atoms with Gasteiger partial charge in [-0.15, -0.1) is 28.1 Å². The van der Waals surface area contributed by atoms with Gasteiger partial charge in [-0.2, -0.15) is 0 Å². The largest absolute Gasteiger partial charge is 0.485 e. The lowest BCUT2D eigenvalue weighted by Gasteiger charge is -2.26. The van der Waals surface area contributed by atoms with Gasteiger partial charge < -0.3 is 14.5 Å². The number of nitrogens with one attached hydrogen (secondary N) is 1. The fourth-order valence-electron chi connectivity index (χ4n) is 3.59. The zero-order valence-electron chi connectivity index (χ0n) is 17.6. The molecule has 1 N–H and O–H groups in total. The zero-order chi connectivity index (χ0) is 22.2. The fraction of sp³-hybridized carbons (Fsp3) is 0.273. The zero-order valence-corrected chi connectivity index (χ0v) is 19.3. The van der Waals surface area contributed by atoms with Crippen LogP contribution in [0.5, 0.6) is 11.5 Å². The van der Waals surface area contributed by atoms with Crippen molar-refractivity contribution in [2.45, 2.75) is 37.4 Å². The Kier molecular flexibility index (Phi) is 5.48. The average Bonchev–Trinajstić information content (AvgIpc) is 3.32. The summed E-state index contributed by atoms with van der Waals surface area (Å²) in [6, 6.07) is 7.56. The third kappa shape index (κ3) is 3.69. The molecule has 0 bridgehead atoms. The molecule has 8 nitrogen and oxygen atoms in total. The van der Waals surface area contributed by atoms with Gasteiger partial charge in [0.1, 0.15) is 17.3 Å². The first-order chi connectivity index (χ1) is 15.5. The number of hydrogen-bond donors (Lipinski definition) is 1. The first-order valence-corrected chi connectivity index (χ1v) is 11.9. The predicted octanol–water partition coefficient (Wildman–Crippen LogP) is 4.18. The molecule has 1 atom stereocenters. The molecule has 4 heterocycles. The summed E-state index contributed by atoms with van der Waals surface area (Å²) in [7, 11) is 0. The van der Waals surface area contributed by atoms with Crippen LogP contribution in [0.3, 0.4) is 0 Å². The van der Waals surface area contributed by atoms with E-state index in [1.807, 2.05) is 42.7 Å². The molecule has 10 heteroatoms. The molecule has 1 aliphatic heterocycles. The molecule has 1 aliphatic rings. The highest BCUT2D eigenvalue weighted by Gasteiger charge is 2.28. The average molecular weight is 468 g/mol. The van der Waals surface area contributed by atoms with Gasteiger partial charge in [0.05, 0.1) is 11.1 Å². The highest BCUT2D eigenvalue weighted by molar-refractivity contribution is 7.98. The number of aromatic nitrogens is 5. The van der Waals surface area contributed by atoms with Crippen molar-refractivity contribution in [1.29, 1.82) is 0 Å². The van der Waals surface area contributed by atoms with Crippen LogP contribution in [0.15, 0.2) is 46.9 Å². The summed E-state index contributed by atoms with van der Waals surface area (Å²) in [4.78, 5) is 22.0. The summed E-state index contributed by atoms with van der Waals surface area (Å²) >= 11 is 3.00. The van der Waals surface area contributed by atoms with E-state index in [-0.39, 0.29) is 11.7 Å². The van der Waals surface area contributed by atoms with Crippen molar-refractivity contribution in [3.8, 4) is 11.5 Å². The molecule has 5 rings (SSSR count). The number of fused-ring (bicyclic) bond motifs is 2. The highest BCUT2D eigenvalue weighted by Crippen LogP contribution is 2.36. The number of allylic oxidation sites excluding steroid dienone is 1. The van der Waals surface area contributed by atoms with Crippen LogP contribution in [0.1, 0.15) is 28.2 Å². The second kappa shape index (κ2) is 8.44. The number of thiophene rings is 1. The molecule has 4 aromatic rings. The maximum Gasteiger partial charge on any atom is 0.259 e. The Hall–Kier alpha value is -3.11. The molecule has 1 aromatic carbocycles. The first kappa shape index (κ1) is 20.8. The molecule has 0 aliphatic carbocycles. The Morgan fingerprint density at radius 3 is 2.94 bits per heavy atom. The van der Waals surface area contributed by atoms with Crippen LogP contribution in [0.4, 0.5) is 0 Å². The van der Waals surface area contributed by atoms with E-state index in [1.54, 1.807) is 17.4 Å². The van der Waals surface area contributed by atoms with E-state index in [0.29, 0.717) is 46.8 Å². The summed E-state index contributed by atoms with van der Waals surface area (Å²) < 4.78 is 13.9. The minimum atomic E-state index is -0.377. The van der Waals surface area contributed by atoms with E-state index in [9.17, 15) is 4.79 Å². The molecule has 0 spiro atoms. The lowest BCUT2D eigenvalue weighted by molar-refractivity contribution is 0.0821. The smallest absolute Gasteiger partial charge is 0.259 e. The summed E-state index contributed by atoms with van der Waals surface area (Å²) in [6.07, 6.45) is 1.41. The van der Waals surface area contributed by atoms with Crippen LogP contribution in [0.2, 0.25) is 0 Å². The van der Waals surface area contributed by atoms with Crippen LogP contribution in [0, 0.1) is 13.8 Å². The number of ether oxygens (including phenoxy) is 2. The number of aromatic amines is 1. The van der Waals surface area contributed by atoms with Crippen LogP contribution in [-0.4, -0.2) is 31.3 Å². The normalized spacial score (nSPS) is 15.2. The van der Waals surface area contributed by atoms with Crippen molar-refractivity contribution in [2.24, 2.45) is 0 Å².